The van der Waals surface area contributed by atoms with E-state index in [-0.39, 0.29) is 0 Å². The van der Waals surface area contributed by atoms with Crippen LogP contribution in [0.4, 0.5) is 5.82 Å². The summed E-state index contributed by atoms with van der Waals surface area (Å²) in [6.45, 7) is 5.09. The van der Waals surface area contributed by atoms with Gasteiger partial charge in [-0.25, -0.2) is 0 Å². The summed E-state index contributed by atoms with van der Waals surface area (Å²) < 4.78 is 2.08. The Labute approximate surface area is 73.8 Å². The molecule has 0 bridgehead atoms. The summed E-state index contributed by atoms with van der Waals surface area (Å²) in [6, 6.07) is 2.12. The Bertz CT molecular complexity index is 218. The molecule has 68 valence electrons. The number of aryl methyl sites for hydroxylation is 2. The highest BCUT2D eigenvalue weighted by atomic mass is 15.3. The van der Waals surface area contributed by atoms with Gasteiger partial charge >= 0.3 is 0 Å². The second-order valence-corrected chi connectivity index (χ2v) is 2.60. The summed E-state index contributed by atoms with van der Waals surface area (Å²) in [5.74, 6) is 0.995. The van der Waals surface area contributed by atoms with Gasteiger partial charge in [0, 0.05) is 25.4 Å². The molecule has 1 aliphatic heterocycles. The summed E-state index contributed by atoms with van der Waals surface area (Å²) in [6.07, 6.45) is 2.45. The first-order valence-electron chi connectivity index (χ1n) is 4.64. The molecule has 12 heavy (non-hydrogen) atoms. The molecule has 0 amide bonds. The van der Waals surface area contributed by atoms with Gasteiger partial charge in [0.2, 0.25) is 0 Å². The van der Waals surface area contributed by atoms with E-state index in [1.807, 2.05) is 20.9 Å². The molecule has 1 aromatic rings. The summed E-state index contributed by atoms with van der Waals surface area (Å²) in [5, 5.41) is 7.34. The van der Waals surface area contributed by atoms with Crippen LogP contribution in [-0.2, 0) is 13.0 Å². The molecule has 0 aliphatic carbocycles. The molecule has 2 rings (SSSR count). The van der Waals surface area contributed by atoms with E-state index in [0.29, 0.717) is 0 Å². The fraction of sp³-hybridized carbons (Fsp3) is 0.667. The van der Waals surface area contributed by atoms with Crippen molar-refractivity contribution in [3.8, 4) is 0 Å². The smallest absolute Gasteiger partial charge is 0.148 e. The summed E-state index contributed by atoms with van der Waals surface area (Å²) in [7, 11) is 1.90. The van der Waals surface area contributed by atoms with Gasteiger partial charge in [-0.1, -0.05) is 13.8 Å². The van der Waals surface area contributed by atoms with Crippen LogP contribution < -0.4 is 5.32 Å². The maximum Gasteiger partial charge on any atom is 0.148 e. The summed E-state index contributed by atoms with van der Waals surface area (Å²) >= 11 is 0. The van der Waals surface area contributed by atoms with E-state index in [2.05, 4.69) is 21.2 Å². The molecule has 2 heterocycles. The van der Waals surface area contributed by atoms with Crippen LogP contribution in [0.15, 0.2) is 6.07 Å². The lowest BCUT2D eigenvalue weighted by Crippen LogP contribution is -1.95. The van der Waals surface area contributed by atoms with Gasteiger partial charge < -0.3 is 5.32 Å². The van der Waals surface area contributed by atoms with Crippen molar-refractivity contribution >= 4 is 5.82 Å². The lowest BCUT2D eigenvalue weighted by Gasteiger charge is -1.91. The zero-order valence-electron chi connectivity index (χ0n) is 8.09. The van der Waals surface area contributed by atoms with Crippen molar-refractivity contribution in [1.82, 2.24) is 9.78 Å². The molecular weight excluding hydrogens is 150 g/mol. The van der Waals surface area contributed by atoms with E-state index in [1.54, 1.807) is 0 Å². The topological polar surface area (TPSA) is 29.9 Å². The molecule has 0 spiro atoms. The fourth-order valence-corrected chi connectivity index (χ4v) is 1.38. The van der Waals surface area contributed by atoms with E-state index in [1.165, 1.54) is 18.5 Å². The van der Waals surface area contributed by atoms with Gasteiger partial charge in [0.15, 0.2) is 0 Å². The molecule has 0 atom stereocenters. The van der Waals surface area contributed by atoms with Crippen LogP contribution >= 0.6 is 0 Å². The lowest BCUT2D eigenvalue weighted by atomic mass is 10.3. The van der Waals surface area contributed by atoms with Crippen molar-refractivity contribution in [3.05, 3.63) is 11.8 Å². The second-order valence-electron chi connectivity index (χ2n) is 2.60. The zero-order chi connectivity index (χ0) is 8.97. The average molecular weight is 167 g/mol. The minimum absolute atomic E-state index is 0.995. The molecule has 0 fully saturated rings. The Hall–Kier alpha value is -0.990. The van der Waals surface area contributed by atoms with E-state index < -0.39 is 0 Å². The predicted molar refractivity (Wildman–Crippen MR) is 51.4 cm³/mol. The molecule has 0 saturated carbocycles. The van der Waals surface area contributed by atoms with Crippen molar-refractivity contribution in [2.24, 2.45) is 0 Å². The molecule has 1 aliphatic rings. The third kappa shape index (κ3) is 1.60. The van der Waals surface area contributed by atoms with Gasteiger partial charge in [-0.2, -0.15) is 5.10 Å². The molecule has 1 aromatic heterocycles. The van der Waals surface area contributed by atoms with Crippen LogP contribution in [0.5, 0.6) is 0 Å². The van der Waals surface area contributed by atoms with Crippen LogP contribution in [0.3, 0.4) is 0 Å². The van der Waals surface area contributed by atoms with Gasteiger partial charge in [0.1, 0.15) is 5.82 Å². The highest BCUT2D eigenvalue weighted by Crippen LogP contribution is 2.16. The number of nitrogens with zero attached hydrogens (tertiary/aromatic N) is 2. The molecule has 0 unspecified atom stereocenters. The number of fused-ring (bicyclic) bond motifs is 1. The molecule has 3 heteroatoms. The predicted octanol–water partition coefficient (Wildman–Crippen LogP) is 1.90. The first kappa shape index (κ1) is 9.10. The SMILES string of the molecule is CC.CNc1cc2n(n1)CCC2. The molecule has 3 nitrogen and oxygen atoms in total. The van der Waals surface area contributed by atoms with E-state index in [0.717, 1.165) is 12.4 Å². The maximum absolute atomic E-state index is 4.31. The van der Waals surface area contributed by atoms with Gasteiger partial charge in [0.25, 0.3) is 0 Å². The summed E-state index contributed by atoms with van der Waals surface area (Å²) in [4.78, 5) is 0. The number of aromatic nitrogens is 2. The fourth-order valence-electron chi connectivity index (χ4n) is 1.38. The van der Waals surface area contributed by atoms with Gasteiger partial charge in [-0.05, 0) is 12.8 Å². The van der Waals surface area contributed by atoms with Crippen molar-refractivity contribution in [2.75, 3.05) is 12.4 Å². The Morgan fingerprint density at radius 3 is 2.83 bits per heavy atom. The Balaban J connectivity index is 0.000000336. The average Bonchev–Trinajstić information content (AvgIpc) is 2.65. The number of rotatable bonds is 1. The van der Waals surface area contributed by atoms with E-state index in [9.17, 15) is 0 Å². The van der Waals surface area contributed by atoms with Crippen molar-refractivity contribution in [1.29, 1.82) is 0 Å². The zero-order valence-corrected chi connectivity index (χ0v) is 8.09. The molecule has 1 N–H and O–H groups in total. The molecular formula is C9H17N3. The van der Waals surface area contributed by atoms with E-state index in [4.69, 9.17) is 0 Å². The highest BCUT2D eigenvalue weighted by molar-refractivity contribution is 5.35. The Kier molecular flexibility index (Phi) is 3.14. The number of hydrogen-bond acceptors (Lipinski definition) is 2. The monoisotopic (exact) mass is 167 g/mol. The minimum atomic E-state index is 0.995. The van der Waals surface area contributed by atoms with Crippen LogP contribution in [0, 0.1) is 0 Å². The van der Waals surface area contributed by atoms with Crippen molar-refractivity contribution in [3.63, 3.8) is 0 Å². The largest absolute Gasteiger partial charge is 0.372 e. The Morgan fingerprint density at radius 1 is 1.50 bits per heavy atom. The van der Waals surface area contributed by atoms with Gasteiger partial charge in [-0.3, -0.25) is 4.68 Å². The lowest BCUT2D eigenvalue weighted by molar-refractivity contribution is 0.659. The molecule has 0 saturated heterocycles. The van der Waals surface area contributed by atoms with Crippen molar-refractivity contribution in [2.45, 2.75) is 33.2 Å². The second kappa shape index (κ2) is 4.14. The van der Waals surface area contributed by atoms with E-state index >= 15 is 0 Å². The first-order valence-corrected chi connectivity index (χ1v) is 4.64. The third-order valence-electron chi connectivity index (χ3n) is 1.92. The number of anilines is 1. The highest BCUT2D eigenvalue weighted by Gasteiger charge is 2.11. The third-order valence-corrected chi connectivity index (χ3v) is 1.92. The Morgan fingerprint density at radius 2 is 2.25 bits per heavy atom. The quantitative estimate of drug-likeness (QED) is 0.692. The van der Waals surface area contributed by atoms with Crippen LogP contribution in [0.25, 0.3) is 0 Å². The molecule has 0 radical (unpaired) electrons. The number of nitrogens with one attached hydrogen (secondary N) is 1. The summed E-state index contributed by atoms with van der Waals surface area (Å²) in [5.41, 5.74) is 1.37. The van der Waals surface area contributed by atoms with Crippen LogP contribution in [-0.4, -0.2) is 16.8 Å². The van der Waals surface area contributed by atoms with Crippen molar-refractivity contribution < 1.29 is 0 Å². The minimum Gasteiger partial charge on any atom is -0.372 e. The van der Waals surface area contributed by atoms with Crippen LogP contribution in [0.1, 0.15) is 26.0 Å². The standard InChI is InChI=1S/C7H11N3.C2H6/c1-8-7-5-6-3-2-4-10(6)9-7;1-2/h5H,2-4H2,1H3,(H,8,9);1-2H3. The number of hydrogen-bond donors (Lipinski definition) is 1. The van der Waals surface area contributed by atoms with Gasteiger partial charge in [-0.15, -0.1) is 0 Å². The molecule has 0 aromatic carbocycles. The van der Waals surface area contributed by atoms with Crippen LogP contribution in [0.2, 0.25) is 0 Å². The maximum atomic E-state index is 4.31. The van der Waals surface area contributed by atoms with Gasteiger partial charge in [0.05, 0.1) is 0 Å². The normalized spacial score (nSPS) is 13.2. The first-order chi connectivity index (χ1) is 5.90.